The molecule has 1 heterocycles. The molecule has 0 saturated carbocycles. The Morgan fingerprint density at radius 1 is 1.69 bits per heavy atom. The van der Waals surface area contributed by atoms with Crippen molar-refractivity contribution >= 4 is 5.97 Å². The predicted octanol–water partition coefficient (Wildman–Crippen LogP) is 1.82. The molecule has 1 aromatic heterocycles. The van der Waals surface area contributed by atoms with Gasteiger partial charge in [-0.2, -0.15) is 0 Å². The molecular weight excluding hydrogens is 170 g/mol. The fourth-order valence-corrected chi connectivity index (χ4v) is 1.15. The quantitative estimate of drug-likeness (QED) is 0.773. The third-order valence-corrected chi connectivity index (χ3v) is 1.86. The average molecular weight is 183 g/mol. The smallest absolute Gasteiger partial charge is 0.303 e. The van der Waals surface area contributed by atoms with Gasteiger partial charge >= 0.3 is 5.97 Å². The second-order valence-electron chi connectivity index (χ2n) is 3.25. The topological polar surface area (TPSA) is 63.3 Å². The van der Waals surface area contributed by atoms with Crippen LogP contribution in [0.4, 0.5) is 0 Å². The lowest BCUT2D eigenvalue weighted by atomic mass is 10.0. The summed E-state index contributed by atoms with van der Waals surface area (Å²) in [5, 5.41) is 12.1. The molecule has 0 saturated heterocycles. The van der Waals surface area contributed by atoms with Crippen LogP contribution in [0.1, 0.15) is 37.5 Å². The van der Waals surface area contributed by atoms with E-state index in [9.17, 15) is 4.79 Å². The fraction of sp³-hybridized carbons (Fsp3) is 0.556. The van der Waals surface area contributed by atoms with Gasteiger partial charge in [-0.1, -0.05) is 19.0 Å². The second kappa shape index (κ2) is 4.07. The Bertz CT molecular complexity index is 291. The summed E-state index contributed by atoms with van der Waals surface area (Å²) in [6, 6.07) is 0. The lowest BCUT2D eigenvalue weighted by Gasteiger charge is -2.01. The van der Waals surface area contributed by atoms with Gasteiger partial charge in [-0.05, 0) is 5.92 Å². The van der Waals surface area contributed by atoms with Crippen LogP contribution in [0.25, 0.3) is 0 Å². The SMILES string of the molecule is CC(C)c1cnoc1CCC(=O)O. The van der Waals surface area contributed by atoms with E-state index in [0.717, 1.165) is 5.56 Å². The van der Waals surface area contributed by atoms with Crippen LogP contribution in [0.2, 0.25) is 0 Å². The molecule has 72 valence electrons. The van der Waals surface area contributed by atoms with Gasteiger partial charge in [-0.3, -0.25) is 4.79 Å². The average Bonchev–Trinajstić information content (AvgIpc) is 2.47. The first-order valence-corrected chi connectivity index (χ1v) is 4.26. The standard InChI is InChI=1S/C9H13NO3/c1-6(2)7-5-10-13-8(7)3-4-9(11)12/h5-6H,3-4H2,1-2H3,(H,11,12). The molecule has 0 aliphatic carbocycles. The van der Waals surface area contributed by atoms with Crippen LogP contribution in [0.5, 0.6) is 0 Å². The zero-order chi connectivity index (χ0) is 9.84. The van der Waals surface area contributed by atoms with Crippen molar-refractivity contribution in [3.63, 3.8) is 0 Å². The van der Waals surface area contributed by atoms with Crippen LogP contribution < -0.4 is 0 Å². The minimum atomic E-state index is -0.814. The van der Waals surface area contributed by atoms with E-state index in [0.29, 0.717) is 18.1 Å². The number of carboxylic acid groups (broad SMARTS) is 1. The Morgan fingerprint density at radius 3 is 2.92 bits per heavy atom. The Hall–Kier alpha value is -1.32. The van der Waals surface area contributed by atoms with Gasteiger partial charge < -0.3 is 9.63 Å². The molecule has 4 heteroatoms. The highest BCUT2D eigenvalue weighted by Gasteiger charge is 2.12. The van der Waals surface area contributed by atoms with E-state index in [1.54, 1.807) is 6.20 Å². The van der Waals surface area contributed by atoms with Crippen LogP contribution in [0, 0.1) is 0 Å². The Kier molecular flexibility index (Phi) is 3.06. The number of aryl methyl sites for hydroxylation is 1. The molecule has 0 aliphatic heterocycles. The highest BCUT2D eigenvalue weighted by molar-refractivity contribution is 5.67. The van der Waals surface area contributed by atoms with E-state index >= 15 is 0 Å². The lowest BCUT2D eigenvalue weighted by molar-refractivity contribution is -0.137. The largest absolute Gasteiger partial charge is 0.481 e. The molecule has 0 radical (unpaired) electrons. The summed E-state index contributed by atoms with van der Waals surface area (Å²) in [6.45, 7) is 4.05. The molecule has 0 aromatic carbocycles. The zero-order valence-electron chi connectivity index (χ0n) is 7.78. The first-order valence-electron chi connectivity index (χ1n) is 4.26. The zero-order valence-corrected chi connectivity index (χ0v) is 7.78. The van der Waals surface area contributed by atoms with Crippen molar-refractivity contribution in [2.75, 3.05) is 0 Å². The first-order chi connectivity index (χ1) is 6.11. The van der Waals surface area contributed by atoms with Gasteiger partial charge in [0.25, 0.3) is 0 Å². The molecule has 13 heavy (non-hydrogen) atoms. The molecule has 0 amide bonds. The third-order valence-electron chi connectivity index (χ3n) is 1.86. The number of nitrogens with zero attached hydrogens (tertiary/aromatic N) is 1. The molecular formula is C9H13NO3. The van der Waals surface area contributed by atoms with Crippen molar-refractivity contribution < 1.29 is 14.4 Å². The monoisotopic (exact) mass is 183 g/mol. The summed E-state index contributed by atoms with van der Waals surface area (Å²) in [5.74, 6) is 0.207. The van der Waals surface area contributed by atoms with Gasteiger partial charge in [-0.15, -0.1) is 0 Å². The van der Waals surface area contributed by atoms with Crippen LogP contribution in [0.3, 0.4) is 0 Å². The van der Waals surface area contributed by atoms with E-state index in [1.807, 2.05) is 13.8 Å². The number of aromatic nitrogens is 1. The van der Waals surface area contributed by atoms with Crippen molar-refractivity contribution in [1.82, 2.24) is 5.16 Å². The van der Waals surface area contributed by atoms with Crippen molar-refractivity contribution in [2.45, 2.75) is 32.6 Å². The van der Waals surface area contributed by atoms with Crippen LogP contribution in [-0.4, -0.2) is 16.2 Å². The molecule has 1 aromatic rings. The molecule has 0 aliphatic rings. The van der Waals surface area contributed by atoms with Gasteiger partial charge in [0.15, 0.2) is 0 Å². The number of carboxylic acids is 1. The minimum Gasteiger partial charge on any atom is -0.481 e. The van der Waals surface area contributed by atoms with Crippen LogP contribution in [0.15, 0.2) is 10.7 Å². The third kappa shape index (κ3) is 2.57. The Labute approximate surface area is 76.5 Å². The van der Waals surface area contributed by atoms with E-state index < -0.39 is 5.97 Å². The second-order valence-corrected chi connectivity index (χ2v) is 3.25. The molecule has 0 bridgehead atoms. The fourth-order valence-electron chi connectivity index (χ4n) is 1.15. The molecule has 0 unspecified atom stereocenters. The summed E-state index contributed by atoms with van der Waals surface area (Å²) in [5.41, 5.74) is 1.00. The Balaban J connectivity index is 2.65. The summed E-state index contributed by atoms with van der Waals surface area (Å²) in [6.07, 6.45) is 2.17. The molecule has 1 N–H and O–H groups in total. The number of hydrogen-bond acceptors (Lipinski definition) is 3. The summed E-state index contributed by atoms with van der Waals surface area (Å²) in [7, 11) is 0. The molecule has 0 atom stereocenters. The number of aliphatic carboxylic acids is 1. The van der Waals surface area contributed by atoms with Gasteiger partial charge in [0, 0.05) is 12.0 Å². The molecule has 0 spiro atoms. The van der Waals surface area contributed by atoms with E-state index in [4.69, 9.17) is 9.63 Å². The van der Waals surface area contributed by atoms with Gasteiger partial charge in [-0.25, -0.2) is 0 Å². The van der Waals surface area contributed by atoms with Crippen molar-refractivity contribution in [1.29, 1.82) is 0 Å². The van der Waals surface area contributed by atoms with Crippen molar-refractivity contribution in [2.24, 2.45) is 0 Å². The molecule has 0 fully saturated rings. The van der Waals surface area contributed by atoms with Crippen LogP contribution in [-0.2, 0) is 11.2 Å². The van der Waals surface area contributed by atoms with Gasteiger partial charge in [0.1, 0.15) is 5.76 Å². The van der Waals surface area contributed by atoms with Crippen molar-refractivity contribution in [3.8, 4) is 0 Å². The highest BCUT2D eigenvalue weighted by atomic mass is 16.5. The van der Waals surface area contributed by atoms with E-state index in [1.165, 1.54) is 0 Å². The summed E-state index contributed by atoms with van der Waals surface area (Å²) < 4.78 is 4.96. The maximum Gasteiger partial charge on any atom is 0.303 e. The van der Waals surface area contributed by atoms with Crippen molar-refractivity contribution in [3.05, 3.63) is 17.5 Å². The normalized spacial score (nSPS) is 10.7. The molecule has 4 nitrogen and oxygen atoms in total. The summed E-state index contributed by atoms with van der Waals surface area (Å²) in [4.78, 5) is 10.3. The van der Waals surface area contributed by atoms with Gasteiger partial charge in [0.2, 0.25) is 0 Å². The minimum absolute atomic E-state index is 0.0922. The van der Waals surface area contributed by atoms with Crippen LogP contribution >= 0.6 is 0 Å². The highest BCUT2D eigenvalue weighted by Crippen LogP contribution is 2.19. The maximum absolute atomic E-state index is 10.3. The maximum atomic E-state index is 10.3. The van der Waals surface area contributed by atoms with E-state index in [2.05, 4.69) is 5.16 Å². The number of rotatable bonds is 4. The van der Waals surface area contributed by atoms with E-state index in [-0.39, 0.29) is 6.42 Å². The Morgan fingerprint density at radius 2 is 2.38 bits per heavy atom. The lowest BCUT2D eigenvalue weighted by Crippen LogP contribution is -1.99. The summed E-state index contributed by atoms with van der Waals surface area (Å²) >= 11 is 0. The van der Waals surface area contributed by atoms with Gasteiger partial charge in [0.05, 0.1) is 12.6 Å². The molecule has 1 rings (SSSR count). The number of carbonyl (C=O) groups is 1. The first kappa shape index (κ1) is 9.77. The number of hydrogen-bond donors (Lipinski definition) is 1. The predicted molar refractivity (Wildman–Crippen MR) is 46.5 cm³/mol.